The molecular weight excluding hydrogens is 396 g/mol. The number of epoxide rings is 1. The smallest absolute Gasteiger partial charge is 0.198 e. The molecule has 2 aromatic carbocycles. The van der Waals surface area contributed by atoms with E-state index in [1.54, 1.807) is 25.1 Å². The van der Waals surface area contributed by atoms with Crippen LogP contribution < -0.4 is 4.74 Å². The quantitative estimate of drug-likeness (QED) is 0.280. The first-order chi connectivity index (χ1) is 14.5. The number of phenols is 2. The van der Waals surface area contributed by atoms with Gasteiger partial charge >= 0.3 is 0 Å². The molecule has 0 amide bonds. The molecule has 164 valence electrons. The van der Waals surface area contributed by atoms with E-state index < -0.39 is 5.78 Å². The lowest BCUT2D eigenvalue weighted by Crippen LogP contribution is -2.14. The Bertz CT molecular complexity index is 1060. The average molecular weight is 424 g/mol. The minimum Gasteiger partial charge on any atom is -0.507 e. The molecule has 1 fully saturated rings. The minimum absolute atomic E-state index is 0.0122. The first-order valence-electron chi connectivity index (χ1n) is 10.2. The van der Waals surface area contributed by atoms with E-state index in [2.05, 4.69) is 0 Å². The Morgan fingerprint density at radius 2 is 1.90 bits per heavy atom. The molecule has 6 heteroatoms. The van der Waals surface area contributed by atoms with Gasteiger partial charge in [-0.15, -0.1) is 0 Å². The highest BCUT2D eigenvalue weighted by Gasteiger charge is 2.48. The van der Waals surface area contributed by atoms with Crippen molar-refractivity contribution in [2.75, 3.05) is 6.61 Å². The number of allylic oxidation sites excluding steroid dienone is 2. The number of aldehydes is 1. The van der Waals surface area contributed by atoms with Gasteiger partial charge in [-0.1, -0.05) is 17.7 Å². The number of rotatable bonds is 8. The fourth-order valence-corrected chi connectivity index (χ4v) is 3.42. The monoisotopic (exact) mass is 424 g/mol. The van der Waals surface area contributed by atoms with E-state index in [0.717, 1.165) is 5.57 Å². The summed E-state index contributed by atoms with van der Waals surface area (Å²) >= 11 is 0. The standard InChI is InChI=1S/C25H28O6/c1-14(2)6-7-16-8-9-19(27)18(12-26)22(16)24(29)17-10-15(3)11-20(23(17)28)30-13-21-25(4,5)31-21/h6,8-12,21,27-28H,7,13H2,1-5H3. The van der Waals surface area contributed by atoms with Gasteiger partial charge in [-0.25, -0.2) is 0 Å². The van der Waals surface area contributed by atoms with Gasteiger partial charge in [0, 0.05) is 5.56 Å². The first-order valence-corrected chi connectivity index (χ1v) is 10.2. The second-order valence-corrected chi connectivity index (χ2v) is 8.65. The van der Waals surface area contributed by atoms with Gasteiger partial charge in [-0.2, -0.15) is 0 Å². The highest BCUT2D eigenvalue weighted by atomic mass is 16.6. The largest absolute Gasteiger partial charge is 0.507 e. The molecule has 0 aromatic heterocycles. The summed E-state index contributed by atoms with van der Waals surface area (Å²) in [6.45, 7) is 9.79. The molecule has 1 heterocycles. The molecule has 0 bridgehead atoms. The number of aromatic hydroxyl groups is 2. The molecule has 1 atom stereocenters. The van der Waals surface area contributed by atoms with Crippen molar-refractivity contribution in [3.05, 3.63) is 63.7 Å². The maximum Gasteiger partial charge on any atom is 0.198 e. The van der Waals surface area contributed by atoms with Crippen LogP contribution in [0.1, 0.15) is 65.1 Å². The molecule has 2 aromatic rings. The predicted molar refractivity (Wildman–Crippen MR) is 117 cm³/mol. The van der Waals surface area contributed by atoms with E-state index in [-0.39, 0.29) is 52.3 Å². The second-order valence-electron chi connectivity index (χ2n) is 8.65. The molecule has 1 saturated heterocycles. The molecule has 0 radical (unpaired) electrons. The van der Waals surface area contributed by atoms with Crippen molar-refractivity contribution in [2.45, 2.75) is 52.7 Å². The van der Waals surface area contributed by atoms with Gasteiger partial charge in [0.25, 0.3) is 0 Å². The summed E-state index contributed by atoms with van der Waals surface area (Å²) in [5.41, 5.74) is 2.08. The number of carbonyl (C=O) groups excluding carboxylic acids is 2. The normalized spacial score (nSPS) is 16.5. The lowest BCUT2D eigenvalue weighted by atomic mass is 9.90. The fraction of sp³-hybridized carbons (Fsp3) is 0.360. The van der Waals surface area contributed by atoms with Crippen LogP contribution in [0, 0.1) is 6.92 Å². The average Bonchev–Trinajstić information content (AvgIpc) is 3.32. The van der Waals surface area contributed by atoms with E-state index in [4.69, 9.17) is 9.47 Å². The van der Waals surface area contributed by atoms with E-state index in [0.29, 0.717) is 23.8 Å². The number of ketones is 1. The van der Waals surface area contributed by atoms with Crippen LogP contribution in [0.2, 0.25) is 0 Å². The number of benzene rings is 2. The third-order valence-corrected chi connectivity index (χ3v) is 5.40. The highest BCUT2D eigenvalue weighted by molar-refractivity contribution is 6.16. The van der Waals surface area contributed by atoms with E-state index in [9.17, 15) is 19.8 Å². The van der Waals surface area contributed by atoms with Crippen LogP contribution in [0.15, 0.2) is 35.9 Å². The Kier molecular flexibility index (Phi) is 6.23. The number of hydrogen-bond acceptors (Lipinski definition) is 6. The van der Waals surface area contributed by atoms with Crippen molar-refractivity contribution < 1.29 is 29.3 Å². The summed E-state index contributed by atoms with van der Waals surface area (Å²) in [6, 6.07) is 6.21. The summed E-state index contributed by atoms with van der Waals surface area (Å²) in [6.07, 6.45) is 2.72. The minimum atomic E-state index is -0.552. The van der Waals surface area contributed by atoms with E-state index >= 15 is 0 Å². The van der Waals surface area contributed by atoms with Crippen molar-refractivity contribution in [1.29, 1.82) is 0 Å². The summed E-state index contributed by atoms with van der Waals surface area (Å²) in [7, 11) is 0. The highest BCUT2D eigenvalue weighted by Crippen LogP contribution is 2.39. The fourth-order valence-electron chi connectivity index (χ4n) is 3.42. The summed E-state index contributed by atoms with van der Waals surface area (Å²) in [5.74, 6) is -0.962. The molecule has 0 spiro atoms. The van der Waals surface area contributed by atoms with Crippen LogP contribution in [0.5, 0.6) is 17.2 Å². The van der Waals surface area contributed by atoms with Gasteiger partial charge in [-0.05, 0) is 70.4 Å². The lowest BCUT2D eigenvalue weighted by molar-refractivity contribution is 0.102. The molecule has 1 aliphatic rings. The van der Waals surface area contributed by atoms with Gasteiger partial charge in [0.05, 0.1) is 16.7 Å². The van der Waals surface area contributed by atoms with Gasteiger partial charge in [0.15, 0.2) is 23.6 Å². The Balaban J connectivity index is 2.03. The maximum atomic E-state index is 13.5. The Morgan fingerprint density at radius 1 is 1.23 bits per heavy atom. The number of hydrogen-bond donors (Lipinski definition) is 2. The number of aryl methyl sites for hydroxylation is 1. The summed E-state index contributed by atoms with van der Waals surface area (Å²) in [4.78, 5) is 25.2. The Morgan fingerprint density at radius 3 is 2.48 bits per heavy atom. The number of carbonyl (C=O) groups is 2. The SMILES string of the molecule is CC(C)=CCc1ccc(O)c(C=O)c1C(=O)c1cc(C)cc(OCC2OC2(C)C)c1O. The zero-order valence-corrected chi connectivity index (χ0v) is 18.5. The van der Waals surface area contributed by atoms with E-state index in [1.165, 1.54) is 6.07 Å². The third-order valence-electron chi connectivity index (χ3n) is 5.40. The zero-order chi connectivity index (χ0) is 22.9. The second kappa shape index (κ2) is 8.55. The molecule has 1 aliphatic heterocycles. The van der Waals surface area contributed by atoms with Crippen molar-refractivity contribution in [1.82, 2.24) is 0 Å². The summed E-state index contributed by atoms with van der Waals surface area (Å²) in [5, 5.41) is 21.0. The van der Waals surface area contributed by atoms with Gasteiger partial charge < -0.3 is 19.7 Å². The zero-order valence-electron chi connectivity index (χ0n) is 18.5. The molecule has 0 aliphatic carbocycles. The molecule has 3 rings (SSSR count). The van der Waals surface area contributed by atoms with Crippen LogP contribution in [0.3, 0.4) is 0 Å². The number of phenolic OH excluding ortho intramolecular Hbond substituents is 2. The van der Waals surface area contributed by atoms with Gasteiger partial charge in [0.2, 0.25) is 0 Å². The Labute approximate surface area is 182 Å². The van der Waals surface area contributed by atoms with Crippen LogP contribution in [0.25, 0.3) is 0 Å². The van der Waals surface area contributed by atoms with Crippen LogP contribution >= 0.6 is 0 Å². The lowest BCUT2D eigenvalue weighted by Gasteiger charge is -2.15. The molecular formula is C25H28O6. The molecule has 1 unspecified atom stereocenters. The van der Waals surface area contributed by atoms with Crippen LogP contribution in [0.4, 0.5) is 0 Å². The molecule has 6 nitrogen and oxygen atoms in total. The van der Waals surface area contributed by atoms with Gasteiger partial charge in [-0.3, -0.25) is 9.59 Å². The van der Waals surface area contributed by atoms with Gasteiger partial charge in [0.1, 0.15) is 18.5 Å². The molecule has 0 saturated carbocycles. The topological polar surface area (TPSA) is 96.4 Å². The van der Waals surface area contributed by atoms with E-state index in [1.807, 2.05) is 33.8 Å². The van der Waals surface area contributed by atoms with Crippen molar-refractivity contribution >= 4 is 12.1 Å². The number of ether oxygens (including phenoxy) is 2. The summed E-state index contributed by atoms with van der Waals surface area (Å²) < 4.78 is 11.2. The van der Waals surface area contributed by atoms with Crippen LogP contribution in [-0.2, 0) is 11.2 Å². The first kappa shape index (κ1) is 22.6. The van der Waals surface area contributed by atoms with Crippen LogP contribution in [-0.4, -0.2) is 40.6 Å². The van der Waals surface area contributed by atoms with Crippen molar-refractivity contribution in [3.8, 4) is 17.2 Å². The van der Waals surface area contributed by atoms with Crippen molar-refractivity contribution in [2.24, 2.45) is 0 Å². The maximum absolute atomic E-state index is 13.5. The molecule has 2 N–H and O–H groups in total. The molecule has 31 heavy (non-hydrogen) atoms. The van der Waals surface area contributed by atoms with Crippen molar-refractivity contribution in [3.63, 3.8) is 0 Å². The Hall–Kier alpha value is -3.12. The third kappa shape index (κ3) is 4.80. The predicted octanol–water partition coefficient (Wildman–Crippen LogP) is 4.51.